The van der Waals surface area contributed by atoms with Crippen molar-refractivity contribution in [3.8, 4) is 0 Å². The molecule has 74 valence electrons. The van der Waals surface area contributed by atoms with Crippen molar-refractivity contribution >= 4 is 16.5 Å². The highest BCUT2D eigenvalue weighted by Crippen LogP contribution is 2.19. The van der Waals surface area contributed by atoms with Crippen LogP contribution in [0.15, 0.2) is 5.38 Å². The lowest BCUT2D eigenvalue weighted by Crippen LogP contribution is -2.28. The molecular formula is C9H17N3S. The van der Waals surface area contributed by atoms with Crippen molar-refractivity contribution in [3.63, 3.8) is 0 Å². The van der Waals surface area contributed by atoms with E-state index in [1.54, 1.807) is 11.3 Å². The van der Waals surface area contributed by atoms with Gasteiger partial charge in [0.05, 0.1) is 5.69 Å². The Morgan fingerprint density at radius 1 is 1.54 bits per heavy atom. The third-order valence-corrected chi connectivity index (χ3v) is 2.90. The molecule has 13 heavy (non-hydrogen) atoms. The van der Waals surface area contributed by atoms with Gasteiger partial charge in [0, 0.05) is 25.0 Å². The molecular weight excluding hydrogens is 182 g/mol. The van der Waals surface area contributed by atoms with E-state index in [9.17, 15) is 0 Å². The molecule has 3 nitrogen and oxygen atoms in total. The summed E-state index contributed by atoms with van der Waals surface area (Å²) in [6.45, 7) is 6.82. The number of aryl methyl sites for hydroxylation is 1. The summed E-state index contributed by atoms with van der Waals surface area (Å²) in [6.07, 6.45) is 1.01. The highest BCUT2D eigenvalue weighted by Gasteiger charge is 2.07. The standard InChI is InChI=1S/C9H17N3S/c1-3-8-7-13-9(11-8)12(4-2)6-5-10/h7H,3-6,10H2,1-2H3. The minimum Gasteiger partial charge on any atom is -0.347 e. The third-order valence-electron chi connectivity index (χ3n) is 1.95. The average molecular weight is 199 g/mol. The van der Waals surface area contributed by atoms with Crippen molar-refractivity contribution in [3.05, 3.63) is 11.1 Å². The lowest BCUT2D eigenvalue weighted by Gasteiger charge is -2.18. The van der Waals surface area contributed by atoms with Gasteiger partial charge < -0.3 is 10.6 Å². The quantitative estimate of drug-likeness (QED) is 0.781. The zero-order valence-corrected chi connectivity index (χ0v) is 9.10. The maximum Gasteiger partial charge on any atom is 0.185 e. The maximum absolute atomic E-state index is 5.52. The first-order valence-corrected chi connectivity index (χ1v) is 5.59. The Kier molecular flexibility index (Phi) is 4.18. The summed E-state index contributed by atoms with van der Waals surface area (Å²) in [5.41, 5.74) is 6.69. The summed E-state index contributed by atoms with van der Waals surface area (Å²) >= 11 is 1.71. The number of thiazole rings is 1. The monoisotopic (exact) mass is 199 g/mol. The second-order valence-corrected chi connectivity index (χ2v) is 3.68. The molecule has 1 heterocycles. The van der Waals surface area contributed by atoms with Crippen LogP contribution >= 0.6 is 11.3 Å². The van der Waals surface area contributed by atoms with Gasteiger partial charge in [-0.15, -0.1) is 11.3 Å². The molecule has 1 aromatic rings. The summed E-state index contributed by atoms with van der Waals surface area (Å²) in [5.74, 6) is 0. The van der Waals surface area contributed by atoms with E-state index < -0.39 is 0 Å². The summed E-state index contributed by atoms with van der Waals surface area (Å²) in [7, 11) is 0. The molecule has 1 rings (SSSR count). The average Bonchev–Trinajstić information content (AvgIpc) is 2.62. The van der Waals surface area contributed by atoms with E-state index in [4.69, 9.17) is 5.73 Å². The van der Waals surface area contributed by atoms with Crippen LogP contribution < -0.4 is 10.6 Å². The molecule has 2 N–H and O–H groups in total. The molecule has 0 amide bonds. The Balaban J connectivity index is 2.67. The van der Waals surface area contributed by atoms with Gasteiger partial charge in [-0.05, 0) is 13.3 Å². The van der Waals surface area contributed by atoms with Gasteiger partial charge in [0.15, 0.2) is 5.13 Å². The minimum absolute atomic E-state index is 0.689. The molecule has 0 unspecified atom stereocenters. The Morgan fingerprint density at radius 3 is 2.77 bits per heavy atom. The van der Waals surface area contributed by atoms with Gasteiger partial charge in [0.1, 0.15) is 0 Å². The zero-order chi connectivity index (χ0) is 9.68. The number of likely N-dealkylation sites (N-methyl/N-ethyl adjacent to an activating group) is 1. The maximum atomic E-state index is 5.52. The first-order chi connectivity index (χ1) is 6.31. The second kappa shape index (κ2) is 5.19. The van der Waals surface area contributed by atoms with Gasteiger partial charge in [-0.1, -0.05) is 6.92 Å². The molecule has 0 atom stereocenters. The molecule has 0 saturated heterocycles. The highest BCUT2D eigenvalue weighted by atomic mass is 32.1. The molecule has 0 fully saturated rings. The van der Waals surface area contributed by atoms with Crippen LogP contribution in [0.25, 0.3) is 0 Å². The summed E-state index contributed by atoms with van der Waals surface area (Å²) in [4.78, 5) is 6.72. The lowest BCUT2D eigenvalue weighted by molar-refractivity contribution is 0.809. The van der Waals surface area contributed by atoms with Gasteiger partial charge in [-0.2, -0.15) is 0 Å². The molecule has 0 bridgehead atoms. The van der Waals surface area contributed by atoms with E-state index in [2.05, 4.69) is 29.1 Å². The Hall–Kier alpha value is -0.610. The number of nitrogens with zero attached hydrogens (tertiary/aromatic N) is 2. The highest BCUT2D eigenvalue weighted by molar-refractivity contribution is 7.13. The lowest BCUT2D eigenvalue weighted by atomic mass is 10.4. The third kappa shape index (κ3) is 2.67. The van der Waals surface area contributed by atoms with E-state index in [-0.39, 0.29) is 0 Å². The van der Waals surface area contributed by atoms with Gasteiger partial charge >= 0.3 is 0 Å². The number of aromatic nitrogens is 1. The molecule has 0 aliphatic rings. The molecule has 0 aliphatic heterocycles. The predicted octanol–water partition coefficient (Wildman–Crippen LogP) is 1.49. The van der Waals surface area contributed by atoms with Crippen LogP contribution in [0.3, 0.4) is 0 Å². The van der Waals surface area contributed by atoms with Gasteiger partial charge in [0.2, 0.25) is 0 Å². The van der Waals surface area contributed by atoms with Crippen molar-refractivity contribution in [2.45, 2.75) is 20.3 Å². The minimum atomic E-state index is 0.689. The Bertz CT molecular complexity index is 247. The molecule has 1 aromatic heterocycles. The SMILES string of the molecule is CCc1csc(N(CC)CCN)n1. The zero-order valence-electron chi connectivity index (χ0n) is 8.29. The van der Waals surface area contributed by atoms with E-state index >= 15 is 0 Å². The van der Waals surface area contributed by atoms with E-state index in [0.29, 0.717) is 6.54 Å². The van der Waals surface area contributed by atoms with Crippen LogP contribution in [-0.4, -0.2) is 24.6 Å². The Labute approximate surface area is 83.6 Å². The number of rotatable bonds is 5. The number of hydrogen-bond acceptors (Lipinski definition) is 4. The predicted molar refractivity (Wildman–Crippen MR) is 58.4 cm³/mol. The fourth-order valence-electron chi connectivity index (χ4n) is 1.15. The summed E-state index contributed by atoms with van der Waals surface area (Å²) in [6, 6.07) is 0. The van der Waals surface area contributed by atoms with Crippen molar-refractivity contribution in [1.29, 1.82) is 0 Å². The second-order valence-electron chi connectivity index (χ2n) is 2.84. The molecule has 0 saturated carbocycles. The Morgan fingerprint density at radius 2 is 2.31 bits per heavy atom. The van der Waals surface area contributed by atoms with Crippen LogP contribution in [0.1, 0.15) is 19.5 Å². The van der Waals surface area contributed by atoms with Gasteiger partial charge in [0.25, 0.3) is 0 Å². The number of nitrogens with two attached hydrogens (primary N) is 1. The smallest absolute Gasteiger partial charge is 0.185 e. The van der Waals surface area contributed by atoms with Crippen LogP contribution in [0.2, 0.25) is 0 Å². The summed E-state index contributed by atoms with van der Waals surface area (Å²) < 4.78 is 0. The number of hydrogen-bond donors (Lipinski definition) is 1. The van der Waals surface area contributed by atoms with Gasteiger partial charge in [-0.25, -0.2) is 4.98 Å². The first kappa shape index (κ1) is 10.5. The van der Waals surface area contributed by atoms with Crippen molar-refractivity contribution in [2.75, 3.05) is 24.5 Å². The largest absolute Gasteiger partial charge is 0.347 e. The molecule has 0 spiro atoms. The van der Waals surface area contributed by atoms with Crippen LogP contribution in [0, 0.1) is 0 Å². The van der Waals surface area contributed by atoms with Crippen molar-refractivity contribution in [1.82, 2.24) is 4.98 Å². The summed E-state index contributed by atoms with van der Waals surface area (Å²) in [5, 5.41) is 3.22. The first-order valence-electron chi connectivity index (χ1n) is 4.71. The van der Waals surface area contributed by atoms with Crippen molar-refractivity contribution in [2.24, 2.45) is 5.73 Å². The van der Waals surface area contributed by atoms with Gasteiger partial charge in [-0.3, -0.25) is 0 Å². The van der Waals surface area contributed by atoms with Crippen molar-refractivity contribution < 1.29 is 0 Å². The van der Waals surface area contributed by atoms with Crippen LogP contribution in [0.5, 0.6) is 0 Å². The van der Waals surface area contributed by atoms with E-state index in [1.807, 2.05) is 0 Å². The van der Waals surface area contributed by atoms with E-state index in [1.165, 1.54) is 5.69 Å². The molecule has 4 heteroatoms. The fourth-order valence-corrected chi connectivity index (χ4v) is 2.15. The van der Waals surface area contributed by atoms with Crippen LogP contribution in [-0.2, 0) is 6.42 Å². The molecule has 0 radical (unpaired) electrons. The van der Waals surface area contributed by atoms with E-state index in [0.717, 1.165) is 24.6 Å². The fraction of sp³-hybridized carbons (Fsp3) is 0.667. The number of anilines is 1. The normalized spacial score (nSPS) is 10.4. The topological polar surface area (TPSA) is 42.1 Å². The molecule has 0 aromatic carbocycles. The van der Waals surface area contributed by atoms with Crippen LogP contribution in [0.4, 0.5) is 5.13 Å². The molecule has 0 aliphatic carbocycles.